The zero-order valence-electron chi connectivity index (χ0n) is 13.2. The second kappa shape index (κ2) is 6.14. The topological polar surface area (TPSA) is 40.8 Å². The highest BCUT2D eigenvalue weighted by atomic mass is 16.3. The molecule has 4 nitrogen and oxygen atoms in total. The van der Waals surface area contributed by atoms with Gasteiger partial charge in [0, 0.05) is 30.0 Å². The van der Waals surface area contributed by atoms with Gasteiger partial charge in [0.25, 0.3) is 0 Å². The summed E-state index contributed by atoms with van der Waals surface area (Å²) in [6, 6.07) is 12.3. The summed E-state index contributed by atoms with van der Waals surface area (Å²) < 4.78 is 2.09. The summed E-state index contributed by atoms with van der Waals surface area (Å²) in [5.41, 5.74) is 5.13. The molecule has 0 aromatic carbocycles. The average Bonchev–Trinajstić information content (AvgIpc) is 3.22. The molecule has 1 N–H and O–H groups in total. The summed E-state index contributed by atoms with van der Waals surface area (Å²) >= 11 is 0. The molecule has 0 radical (unpaired) electrons. The SMILES string of the molecule is OCc1cc2ccccn2c1-c1ccc(CN2CCCC2)cn1. The molecular formula is C19H21N3O. The Labute approximate surface area is 136 Å². The fourth-order valence-electron chi connectivity index (χ4n) is 3.44. The summed E-state index contributed by atoms with van der Waals surface area (Å²) in [4.78, 5) is 7.14. The van der Waals surface area contributed by atoms with Gasteiger partial charge in [-0.3, -0.25) is 9.88 Å². The Morgan fingerprint density at radius 2 is 1.96 bits per heavy atom. The number of aromatic nitrogens is 2. The zero-order valence-corrected chi connectivity index (χ0v) is 13.2. The van der Waals surface area contributed by atoms with Crippen molar-refractivity contribution in [2.75, 3.05) is 13.1 Å². The van der Waals surface area contributed by atoms with Crippen molar-refractivity contribution >= 4 is 5.52 Å². The van der Waals surface area contributed by atoms with Gasteiger partial charge >= 0.3 is 0 Å². The summed E-state index contributed by atoms with van der Waals surface area (Å²) in [5.74, 6) is 0. The van der Waals surface area contributed by atoms with Crippen LogP contribution < -0.4 is 0 Å². The molecule has 4 rings (SSSR count). The molecule has 0 spiro atoms. The molecule has 0 unspecified atom stereocenters. The van der Waals surface area contributed by atoms with Crippen LogP contribution in [0.1, 0.15) is 24.0 Å². The van der Waals surface area contributed by atoms with Crippen molar-refractivity contribution in [3.05, 3.63) is 59.9 Å². The number of pyridine rings is 2. The number of aliphatic hydroxyl groups excluding tert-OH is 1. The van der Waals surface area contributed by atoms with E-state index in [9.17, 15) is 5.11 Å². The third-order valence-corrected chi connectivity index (χ3v) is 4.60. The fraction of sp³-hybridized carbons (Fsp3) is 0.316. The predicted molar refractivity (Wildman–Crippen MR) is 91.1 cm³/mol. The number of nitrogens with zero attached hydrogens (tertiary/aromatic N) is 3. The largest absolute Gasteiger partial charge is 0.392 e. The first-order valence-electron chi connectivity index (χ1n) is 8.22. The lowest BCUT2D eigenvalue weighted by molar-refractivity contribution is 0.282. The van der Waals surface area contributed by atoms with Gasteiger partial charge in [0.05, 0.1) is 18.0 Å². The maximum atomic E-state index is 9.68. The van der Waals surface area contributed by atoms with Crippen LogP contribution in [0.15, 0.2) is 48.8 Å². The number of hydrogen-bond acceptors (Lipinski definition) is 3. The normalized spacial score (nSPS) is 15.5. The molecule has 0 atom stereocenters. The highest BCUT2D eigenvalue weighted by molar-refractivity contribution is 5.69. The number of likely N-dealkylation sites (tertiary alicyclic amines) is 1. The highest BCUT2D eigenvalue weighted by Crippen LogP contribution is 2.26. The van der Waals surface area contributed by atoms with E-state index < -0.39 is 0 Å². The lowest BCUT2D eigenvalue weighted by atomic mass is 10.1. The van der Waals surface area contributed by atoms with E-state index in [0.29, 0.717) is 0 Å². The molecule has 1 fully saturated rings. The molecule has 3 aromatic heterocycles. The molecule has 4 heterocycles. The Kier molecular flexibility index (Phi) is 3.85. The van der Waals surface area contributed by atoms with Crippen LogP contribution in [0.25, 0.3) is 16.9 Å². The van der Waals surface area contributed by atoms with Gasteiger partial charge in [-0.05, 0) is 55.8 Å². The van der Waals surface area contributed by atoms with E-state index in [2.05, 4.69) is 26.4 Å². The van der Waals surface area contributed by atoms with Gasteiger partial charge in [-0.1, -0.05) is 12.1 Å². The Bertz CT molecular complexity index is 801. The van der Waals surface area contributed by atoms with Crippen molar-refractivity contribution in [1.29, 1.82) is 0 Å². The third kappa shape index (κ3) is 2.76. The lowest BCUT2D eigenvalue weighted by Crippen LogP contribution is -2.18. The maximum absolute atomic E-state index is 9.68. The minimum Gasteiger partial charge on any atom is -0.392 e. The molecule has 1 saturated heterocycles. The Morgan fingerprint density at radius 3 is 2.70 bits per heavy atom. The molecule has 0 bridgehead atoms. The summed E-state index contributed by atoms with van der Waals surface area (Å²) in [7, 11) is 0. The van der Waals surface area contributed by atoms with Gasteiger partial charge in [0.15, 0.2) is 0 Å². The first-order chi connectivity index (χ1) is 11.3. The quantitative estimate of drug-likeness (QED) is 0.805. The van der Waals surface area contributed by atoms with Crippen LogP contribution >= 0.6 is 0 Å². The molecule has 1 aliphatic heterocycles. The minimum atomic E-state index is 0.0220. The number of fused-ring (bicyclic) bond motifs is 1. The van der Waals surface area contributed by atoms with Crippen LogP contribution in [-0.4, -0.2) is 32.5 Å². The Morgan fingerprint density at radius 1 is 1.09 bits per heavy atom. The van der Waals surface area contributed by atoms with Crippen molar-refractivity contribution in [1.82, 2.24) is 14.3 Å². The molecule has 0 amide bonds. The van der Waals surface area contributed by atoms with Crippen molar-refractivity contribution in [3.63, 3.8) is 0 Å². The van der Waals surface area contributed by atoms with Crippen LogP contribution in [0.2, 0.25) is 0 Å². The van der Waals surface area contributed by atoms with Crippen LogP contribution in [-0.2, 0) is 13.2 Å². The van der Waals surface area contributed by atoms with Crippen molar-refractivity contribution in [2.24, 2.45) is 0 Å². The first kappa shape index (κ1) is 14.4. The van der Waals surface area contributed by atoms with Gasteiger partial charge in [-0.25, -0.2) is 0 Å². The van der Waals surface area contributed by atoms with Crippen molar-refractivity contribution < 1.29 is 5.11 Å². The van der Waals surface area contributed by atoms with Crippen LogP contribution in [0, 0.1) is 0 Å². The molecule has 3 aromatic rings. The van der Waals surface area contributed by atoms with E-state index >= 15 is 0 Å². The van der Waals surface area contributed by atoms with E-state index in [-0.39, 0.29) is 6.61 Å². The van der Waals surface area contributed by atoms with Crippen LogP contribution in [0.3, 0.4) is 0 Å². The van der Waals surface area contributed by atoms with Crippen LogP contribution in [0.5, 0.6) is 0 Å². The number of rotatable bonds is 4. The first-order valence-corrected chi connectivity index (χ1v) is 8.22. The molecule has 23 heavy (non-hydrogen) atoms. The van der Waals surface area contributed by atoms with Gasteiger partial charge in [0.1, 0.15) is 0 Å². The van der Waals surface area contributed by atoms with Gasteiger partial charge in [-0.15, -0.1) is 0 Å². The smallest absolute Gasteiger partial charge is 0.0873 e. The lowest BCUT2D eigenvalue weighted by Gasteiger charge is -2.14. The van der Waals surface area contributed by atoms with Crippen molar-refractivity contribution in [3.8, 4) is 11.4 Å². The van der Waals surface area contributed by atoms with E-state index in [1.165, 1.54) is 31.5 Å². The van der Waals surface area contributed by atoms with E-state index in [1.54, 1.807) is 0 Å². The summed E-state index contributed by atoms with van der Waals surface area (Å²) in [5, 5.41) is 9.68. The molecule has 118 valence electrons. The highest BCUT2D eigenvalue weighted by Gasteiger charge is 2.14. The Hall–Kier alpha value is -2.17. The van der Waals surface area contributed by atoms with Crippen molar-refractivity contribution in [2.45, 2.75) is 26.0 Å². The summed E-state index contributed by atoms with van der Waals surface area (Å²) in [6.07, 6.45) is 6.60. The second-order valence-electron chi connectivity index (χ2n) is 6.21. The average molecular weight is 307 g/mol. The summed E-state index contributed by atoms with van der Waals surface area (Å²) in [6.45, 7) is 3.39. The predicted octanol–water partition coefficient (Wildman–Crippen LogP) is 3.09. The molecule has 0 aliphatic carbocycles. The molecule has 4 heteroatoms. The molecule has 0 saturated carbocycles. The van der Waals surface area contributed by atoms with Gasteiger partial charge in [0.2, 0.25) is 0 Å². The monoisotopic (exact) mass is 307 g/mol. The maximum Gasteiger partial charge on any atom is 0.0873 e. The third-order valence-electron chi connectivity index (χ3n) is 4.60. The van der Waals surface area contributed by atoms with E-state index in [0.717, 1.165) is 29.0 Å². The molecular weight excluding hydrogens is 286 g/mol. The zero-order chi connectivity index (χ0) is 15.6. The number of aliphatic hydroxyl groups is 1. The molecule has 1 aliphatic rings. The fourth-order valence-corrected chi connectivity index (χ4v) is 3.44. The van der Waals surface area contributed by atoms with Gasteiger partial charge in [-0.2, -0.15) is 0 Å². The van der Waals surface area contributed by atoms with Gasteiger partial charge < -0.3 is 9.51 Å². The van der Waals surface area contributed by atoms with E-state index in [4.69, 9.17) is 0 Å². The Balaban J connectivity index is 1.67. The van der Waals surface area contributed by atoms with Crippen LogP contribution in [0.4, 0.5) is 0 Å². The van der Waals surface area contributed by atoms with E-state index in [1.807, 2.05) is 36.7 Å². The standard InChI is InChI=1S/C19H21N3O/c23-14-16-11-17-5-1-2-10-22(17)19(16)18-7-6-15(12-20-18)13-21-8-3-4-9-21/h1-2,5-7,10-12,23H,3-4,8-9,13-14H2. The second-order valence-corrected chi connectivity index (χ2v) is 6.21. The minimum absolute atomic E-state index is 0.0220. The number of hydrogen-bond donors (Lipinski definition) is 1.